The normalized spacial score (nSPS) is 15.4. The average molecular weight is 443 g/mol. The van der Waals surface area contributed by atoms with E-state index < -0.39 is 23.0 Å². The lowest BCUT2D eigenvalue weighted by atomic mass is 9.69. The molecule has 8 nitrogen and oxygen atoms in total. The van der Waals surface area contributed by atoms with Crippen molar-refractivity contribution in [3.8, 4) is 0 Å². The number of carbonyl (C=O) groups excluding carboxylic acids is 2. The number of hydrogen-bond donors (Lipinski definition) is 4. The molecule has 6 N–H and O–H groups in total. The molecule has 0 saturated heterocycles. The van der Waals surface area contributed by atoms with Gasteiger partial charge in [-0.25, -0.2) is 0 Å². The van der Waals surface area contributed by atoms with Gasteiger partial charge in [0.05, 0.1) is 0 Å². The fourth-order valence-electron chi connectivity index (χ4n) is 3.77. The van der Waals surface area contributed by atoms with Gasteiger partial charge in [0, 0.05) is 24.2 Å². The third kappa shape index (κ3) is 5.52. The monoisotopic (exact) mass is 442 g/mol. The van der Waals surface area contributed by atoms with E-state index in [9.17, 15) is 19.8 Å². The molecule has 2 atom stereocenters. The van der Waals surface area contributed by atoms with Crippen LogP contribution in [0.2, 0.25) is 0 Å². The Hall–Kier alpha value is -2.78. The second kappa shape index (κ2) is 10.2. The van der Waals surface area contributed by atoms with Crippen molar-refractivity contribution in [1.29, 1.82) is 0 Å². The number of rotatable bonds is 11. The quantitative estimate of drug-likeness (QED) is 0.408. The van der Waals surface area contributed by atoms with E-state index in [-0.39, 0.29) is 12.8 Å². The van der Waals surface area contributed by atoms with Crippen molar-refractivity contribution in [1.82, 2.24) is 9.80 Å². The average Bonchev–Trinajstić information content (AvgIpc) is 2.75. The van der Waals surface area contributed by atoms with Crippen LogP contribution in [0, 0.1) is 0 Å². The van der Waals surface area contributed by atoms with Crippen LogP contribution in [0.1, 0.15) is 44.7 Å². The molecule has 2 rings (SSSR count). The fraction of sp³-hybridized carbons (Fsp3) is 0.417. The van der Waals surface area contributed by atoms with Crippen LogP contribution < -0.4 is 11.5 Å². The van der Waals surface area contributed by atoms with E-state index in [4.69, 9.17) is 11.5 Å². The molecule has 0 spiro atoms. The lowest BCUT2D eigenvalue weighted by molar-refractivity contribution is -0.176. The van der Waals surface area contributed by atoms with Crippen molar-refractivity contribution in [2.45, 2.75) is 24.0 Å². The van der Waals surface area contributed by atoms with E-state index in [0.29, 0.717) is 35.3 Å². The zero-order valence-electron chi connectivity index (χ0n) is 19.2. The predicted octanol–water partition coefficient (Wildman–Crippen LogP) is 0.863. The van der Waals surface area contributed by atoms with Gasteiger partial charge < -0.3 is 31.5 Å². The summed E-state index contributed by atoms with van der Waals surface area (Å²) in [6, 6.07) is 12.6. The maximum absolute atomic E-state index is 12.1. The van der Waals surface area contributed by atoms with E-state index in [0.717, 1.165) is 0 Å². The highest BCUT2D eigenvalue weighted by molar-refractivity contribution is 5.93. The minimum absolute atomic E-state index is 0.220. The molecule has 0 heterocycles. The molecule has 0 saturated carbocycles. The Kier molecular flexibility index (Phi) is 8.14. The van der Waals surface area contributed by atoms with Gasteiger partial charge in [-0.2, -0.15) is 0 Å². The molecular weight excluding hydrogens is 408 g/mol. The number of hydrogen-bond acceptors (Lipinski definition) is 6. The largest absolute Gasteiger partial charge is 0.382 e. The molecule has 2 aromatic carbocycles. The smallest absolute Gasteiger partial charge is 0.248 e. The van der Waals surface area contributed by atoms with Gasteiger partial charge in [-0.05, 0) is 76.4 Å². The predicted molar refractivity (Wildman–Crippen MR) is 124 cm³/mol. The summed E-state index contributed by atoms with van der Waals surface area (Å²) < 4.78 is 0. The summed E-state index contributed by atoms with van der Waals surface area (Å²) in [6.07, 6.45) is 0.439. The van der Waals surface area contributed by atoms with E-state index in [1.54, 1.807) is 48.5 Å². The number of nitrogens with zero attached hydrogens (tertiary/aromatic N) is 2. The van der Waals surface area contributed by atoms with Crippen LogP contribution in [0.4, 0.5) is 0 Å². The van der Waals surface area contributed by atoms with Crippen molar-refractivity contribution in [3.63, 3.8) is 0 Å². The third-order valence-corrected chi connectivity index (χ3v) is 5.82. The Balaban J connectivity index is 2.66. The highest BCUT2D eigenvalue weighted by atomic mass is 16.4. The van der Waals surface area contributed by atoms with Gasteiger partial charge in [0.2, 0.25) is 11.8 Å². The summed E-state index contributed by atoms with van der Waals surface area (Å²) >= 11 is 0. The molecule has 0 aliphatic carbocycles. The summed E-state index contributed by atoms with van der Waals surface area (Å²) in [7, 11) is 7.54. The van der Waals surface area contributed by atoms with Gasteiger partial charge >= 0.3 is 0 Å². The first kappa shape index (κ1) is 25.5. The lowest BCUT2D eigenvalue weighted by Gasteiger charge is -2.45. The standard InChI is InChI=1S/C24H34N4O4/c1-27(2)15-13-23(31,19-9-5-17(6-10-19)21(25)29)24(32,14-16-28(3)4)20-11-7-18(8-12-20)22(26)30/h5-12,31-32H,13-16H2,1-4H3,(H2,25,29)(H2,26,30). The Bertz CT molecular complexity index is 851. The van der Waals surface area contributed by atoms with Crippen LogP contribution >= 0.6 is 0 Å². The number of benzene rings is 2. The van der Waals surface area contributed by atoms with Crippen molar-refractivity contribution in [3.05, 3.63) is 70.8 Å². The topological polar surface area (TPSA) is 133 Å². The zero-order valence-corrected chi connectivity index (χ0v) is 19.2. The summed E-state index contributed by atoms with van der Waals surface area (Å²) in [6.45, 7) is 0.995. The summed E-state index contributed by atoms with van der Waals surface area (Å²) in [5.74, 6) is -1.14. The molecule has 0 aliphatic heterocycles. The molecule has 0 bridgehead atoms. The molecule has 0 aromatic heterocycles. The molecule has 2 unspecified atom stereocenters. The molecule has 0 aliphatic rings. The minimum atomic E-state index is -1.70. The van der Waals surface area contributed by atoms with Crippen LogP contribution in [-0.2, 0) is 11.2 Å². The molecule has 2 amide bonds. The van der Waals surface area contributed by atoms with Gasteiger partial charge in [0.15, 0.2) is 0 Å². The minimum Gasteiger partial charge on any atom is -0.382 e. The first-order chi connectivity index (χ1) is 14.9. The molecule has 32 heavy (non-hydrogen) atoms. The van der Waals surface area contributed by atoms with Crippen LogP contribution in [0.5, 0.6) is 0 Å². The van der Waals surface area contributed by atoms with Crippen LogP contribution in [0.25, 0.3) is 0 Å². The van der Waals surface area contributed by atoms with Crippen molar-refractivity contribution in [2.24, 2.45) is 11.5 Å². The fourth-order valence-corrected chi connectivity index (χ4v) is 3.77. The Morgan fingerprint density at radius 3 is 1.19 bits per heavy atom. The van der Waals surface area contributed by atoms with Crippen molar-refractivity contribution >= 4 is 11.8 Å². The molecule has 2 aromatic rings. The van der Waals surface area contributed by atoms with Crippen molar-refractivity contribution in [2.75, 3.05) is 41.3 Å². The van der Waals surface area contributed by atoms with E-state index in [1.807, 2.05) is 38.0 Å². The van der Waals surface area contributed by atoms with Crippen LogP contribution in [-0.4, -0.2) is 73.1 Å². The molecule has 8 heteroatoms. The van der Waals surface area contributed by atoms with E-state index in [2.05, 4.69) is 0 Å². The number of nitrogens with two attached hydrogens (primary N) is 2. The van der Waals surface area contributed by atoms with E-state index in [1.165, 1.54) is 0 Å². The van der Waals surface area contributed by atoms with Gasteiger partial charge in [-0.1, -0.05) is 24.3 Å². The molecule has 174 valence electrons. The van der Waals surface area contributed by atoms with Crippen LogP contribution in [0.15, 0.2) is 48.5 Å². The van der Waals surface area contributed by atoms with Gasteiger partial charge in [0.25, 0.3) is 0 Å². The highest BCUT2D eigenvalue weighted by Crippen LogP contribution is 2.46. The Labute approximate surface area is 189 Å². The summed E-state index contributed by atoms with van der Waals surface area (Å²) in [4.78, 5) is 26.9. The maximum Gasteiger partial charge on any atom is 0.248 e. The Morgan fingerprint density at radius 2 is 0.969 bits per heavy atom. The number of carbonyl (C=O) groups is 2. The Morgan fingerprint density at radius 1 is 0.688 bits per heavy atom. The first-order valence-electron chi connectivity index (χ1n) is 10.5. The second-order valence-corrected chi connectivity index (χ2v) is 8.71. The maximum atomic E-state index is 12.1. The molecular formula is C24H34N4O4. The van der Waals surface area contributed by atoms with E-state index >= 15 is 0 Å². The summed E-state index contributed by atoms with van der Waals surface area (Å²) in [5, 5.41) is 24.2. The van der Waals surface area contributed by atoms with Crippen LogP contribution in [0.3, 0.4) is 0 Å². The lowest BCUT2D eigenvalue weighted by Crippen LogP contribution is -2.52. The number of aliphatic hydroxyl groups is 2. The number of primary amides is 2. The van der Waals surface area contributed by atoms with Gasteiger partial charge in [-0.3, -0.25) is 9.59 Å². The molecule has 0 fully saturated rings. The summed E-state index contributed by atoms with van der Waals surface area (Å²) in [5.41, 5.74) is 8.89. The highest BCUT2D eigenvalue weighted by Gasteiger charge is 2.51. The first-order valence-corrected chi connectivity index (χ1v) is 10.5. The van der Waals surface area contributed by atoms with Crippen molar-refractivity contribution < 1.29 is 19.8 Å². The number of amides is 2. The second-order valence-electron chi connectivity index (χ2n) is 8.71. The zero-order chi connectivity index (χ0) is 24.1. The van der Waals surface area contributed by atoms with Gasteiger partial charge in [-0.15, -0.1) is 0 Å². The molecule has 0 radical (unpaired) electrons. The SMILES string of the molecule is CN(C)CCC(O)(c1ccc(C(N)=O)cc1)C(O)(CCN(C)C)c1ccc(C(N)=O)cc1. The third-order valence-electron chi connectivity index (χ3n) is 5.82. The van der Waals surface area contributed by atoms with Gasteiger partial charge in [0.1, 0.15) is 11.2 Å².